The SMILES string of the molecule is COc1ccc(CN2CCC[C@@H]2CO)cc1-c1cccc(N([O-])O)c1. The Balaban J connectivity index is 1.91. The molecule has 134 valence electrons. The van der Waals surface area contributed by atoms with Crippen molar-refractivity contribution in [2.75, 3.05) is 25.5 Å². The van der Waals surface area contributed by atoms with Crippen molar-refractivity contribution in [2.45, 2.75) is 25.4 Å². The number of methoxy groups -OCH3 is 1. The Hall–Kier alpha value is -2.12. The quantitative estimate of drug-likeness (QED) is 0.785. The van der Waals surface area contributed by atoms with Crippen LogP contribution >= 0.6 is 0 Å². The standard InChI is InChI=1S/C19H23N2O4/c1-25-19-8-7-14(12-20-9-3-6-17(20)13-22)10-18(19)15-4-2-5-16(11-15)21(23)24/h2,4-5,7-8,10-11,17,22-23H,3,6,9,12-13H2,1H3/q-1/t17-/m1/s1. The summed E-state index contributed by atoms with van der Waals surface area (Å²) in [5, 5.41) is 29.6. The summed E-state index contributed by atoms with van der Waals surface area (Å²) in [6.45, 7) is 1.92. The maximum Gasteiger partial charge on any atom is 0.126 e. The summed E-state index contributed by atoms with van der Waals surface area (Å²) in [6.07, 6.45) is 2.13. The molecule has 2 N–H and O–H groups in total. The molecule has 0 aromatic heterocycles. The monoisotopic (exact) mass is 343 g/mol. The molecule has 0 bridgehead atoms. The van der Waals surface area contributed by atoms with Gasteiger partial charge in [-0.15, -0.1) is 0 Å². The van der Waals surface area contributed by atoms with E-state index in [0.29, 0.717) is 5.75 Å². The number of rotatable bonds is 6. The van der Waals surface area contributed by atoms with Gasteiger partial charge in [-0.2, -0.15) is 0 Å². The van der Waals surface area contributed by atoms with E-state index >= 15 is 0 Å². The number of likely N-dealkylation sites (tertiary alicyclic amines) is 1. The molecule has 6 heteroatoms. The first-order chi connectivity index (χ1) is 12.1. The van der Waals surface area contributed by atoms with Crippen LogP contribution in [0.2, 0.25) is 0 Å². The lowest BCUT2D eigenvalue weighted by Crippen LogP contribution is -2.31. The number of hydrogen-bond acceptors (Lipinski definition) is 6. The first kappa shape index (κ1) is 17.7. The van der Waals surface area contributed by atoms with Crippen molar-refractivity contribution in [3.8, 4) is 16.9 Å². The second-order valence-electron chi connectivity index (χ2n) is 6.31. The molecule has 25 heavy (non-hydrogen) atoms. The highest BCUT2D eigenvalue weighted by molar-refractivity contribution is 5.74. The molecule has 1 heterocycles. The van der Waals surface area contributed by atoms with E-state index in [1.54, 1.807) is 25.3 Å². The Bertz CT molecular complexity index is 720. The van der Waals surface area contributed by atoms with Gasteiger partial charge >= 0.3 is 0 Å². The lowest BCUT2D eigenvalue weighted by atomic mass is 10.0. The second-order valence-corrected chi connectivity index (χ2v) is 6.31. The molecule has 1 atom stereocenters. The predicted octanol–water partition coefficient (Wildman–Crippen LogP) is 3.01. The summed E-state index contributed by atoms with van der Waals surface area (Å²) in [7, 11) is 1.61. The number of benzene rings is 2. The summed E-state index contributed by atoms with van der Waals surface area (Å²) in [5.74, 6) is 0.705. The summed E-state index contributed by atoms with van der Waals surface area (Å²) < 4.78 is 5.46. The highest BCUT2D eigenvalue weighted by atomic mass is 16.8. The minimum absolute atomic E-state index is 0.143. The average Bonchev–Trinajstić information content (AvgIpc) is 3.09. The molecule has 1 aliphatic rings. The van der Waals surface area contributed by atoms with Crippen LogP contribution in [0.25, 0.3) is 11.1 Å². The van der Waals surface area contributed by atoms with Crippen LogP contribution in [-0.4, -0.2) is 41.5 Å². The zero-order chi connectivity index (χ0) is 17.8. The van der Waals surface area contributed by atoms with E-state index in [1.165, 1.54) is 0 Å². The third kappa shape index (κ3) is 3.93. The number of aliphatic hydroxyl groups excluding tert-OH is 1. The highest BCUT2D eigenvalue weighted by Gasteiger charge is 2.23. The Kier molecular flexibility index (Phi) is 5.55. The van der Waals surface area contributed by atoms with Crippen molar-refractivity contribution in [1.82, 2.24) is 4.90 Å². The first-order valence-corrected chi connectivity index (χ1v) is 8.40. The van der Waals surface area contributed by atoms with Crippen molar-refractivity contribution in [3.63, 3.8) is 0 Å². The van der Waals surface area contributed by atoms with Crippen LogP contribution in [0.1, 0.15) is 18.4 Å². The Labute approximate surface area is 147 Å². The lowest BCUT2D eigenvalue weighted by molar-refractivity contribution is 0.153. The van der Waals surface area contributed by atoms with E-state index < -0.39 is 0 Å². The molecule has 0 amide bonds. The number of anilines is 1. The molecule has 2 aromatic rings. The summed E-state index contributed by atoms with van der Waals surface area (Å²) in [5.41, 5.74) is 2.95. The van der Waals surface area contributed by atoms with Gasteiger partial charge in [-0.1, -0.05) is 18.2 Å². The molecular formula is C19H23N2O4-. The third-order valence-electron chi connectivity index (χ3n) is 4.74. The maximum atomic E-state index is 11.2. The van der Waals surface area contributed by atoms with Gasteiger partial charge in [0.1, 0.15) is 5.75 Å². The number of nitrogens with zero attached hydrogens (tertiary/aromatic N) is 2. The minimum Gasteiger partial charge on any atom is -0.733 e. The molecule has 1 saturated heterocycles. The molecule has 3 rings (SSSR count). The molecule has 1 fully saturated rings. The van der Waals surface area contributed by atoms with Gasteiger partial charge in [0.15, 0.2) is 0 Å². The van der Waals surface area contributed by atoms with Crippen molar-refractivity contribution >= 4 is 5.69 Å². The molecule has 6 nitrogen and oxygen atoms in total. The van der Waals surface area contributed by atoms with E-state index in [4.69, 9.17) is 9.94 Å². The summed E-state index contributed by atoms with van der Waals surface area (Å²) in [6, 6.07) is 13.0. The largest absolute Gasteiger partial charge is 0.733 e. The zero-order valence-electron chi connectivity index (χ0n) is 14.3. The van der Waals surface area contributed by atoms with Gasteiger partial charge in [0.2, 0.25) is 0 Å². The van der Waals surface area contributed by atoms with Crippen LogP contribution in [0.4, 0.5) is 5.69 Å². The molecule has 0 radical (unpaired) electrons. The van der Waals surface area contributed by atoms with Gasteiger partial charge < -0.3 is 20.3 Å². The molecule has 0 aliphatic carbocycles. The fourth-order valence-corrected chi connectivity index (χ4v) is 3.42. The topological polar surface area (TPSA) is 79.2 Å². The van der Waals surface area contributed by atoms with Crippen LogP contribution in [0.15, 0.2) is 42.5 Å². The van der Waals surface area contributed by atoms with Gasteiger partial charge in [0.05, 0.1) is 19.4 Å². The van der Waals surface area contributed by atoms with Crippen molar-refractivity contribution < 1.29 is 15.1 Å². The van der Waals surface area contributed by atoms with Gasteiger partial charge in [0.25, 0.3) is 0 Å². The van der Waals surface area contributed by atoms with Crippen molar-refractivity contribution in [1.29, 1.82) is 0 Å². The fraction of sp³-hybridized carbons (Fsp3) is 0.368. The molecule has 0 unspecified atom stereocenters. The van der Waals surface area contributed by atoms with Crippen LogP contribution < -0.4 is 9.96 Å². The Morgan fingerprint density at radius 3 is 2.84 bits per heavy atom. The van der Waals surface area contributed by atoms with Crippen molar-refractivity contribution in [2.24, 2.45) is 0 Å². The first-order valence-electron chi connectivity index (χ1n) is 8.40. The molecular weight excluding hydrogens is 320 g/mol. The number of aliphatic hydroxyl groups is 1. The number of ether oxygens (including phenoxy) is 1. The average molecular weight is 343 g/mol. The lowest BCUT2D eigenvalue weighted by Gasteiger charge is -2.24. The normalized spacial score (nSPS) is 17.7. The van der Waals surface area contributed by atoms with Gasteiger partial charge in [0, 0.05) is 18.2 Å². The predicted molar refractivity (Wildman–Crippen MR) is 96.6 cm³/mol. The Morgan fingerprint density at radius 1 is 1.28 bits per heavy atom. The maximum absolute atomic E-state index is 11.2. The molecule has 0 spiro atoms. The number of hydrogen-bond donors (Lipinski definition) is 2. The van der Waals surface area contributed by atoms with Gasteiger partial charge in [-0.05, 0) is 54.8 Å². The van der Waals surface area contributed by atoms with Gasteiger partial charge in [-0.25, -0.2) is 0 Å². The summed E-state index contributed by atoms with van der Waals surface area (Å²) >= 11 is 0. The summed E-state index contributed by atoms with van der Waals surface area (Å²) in [4.78, 5) is 2.29. The van der Waals surface area contributed by atoms with E-state index in [-0.39, 0.29) is 23.6 Å². The van der Waals surface area contributed by atoms with Crippen LogP contribution in [0.3, 0.4) is 0 Å². The minimum atomic E-state index is -0.143. The second kappa shape index (κ2) is 7.84. The van der Waals surface area contributed by atoms with E-state index in [2.05, 4.69) is 4.90 Å². The van der Waals surface area contributed by atoms with E-state index in [1.807, 2.05) is 24.3 Å². The molecule has 0 saturated carbocycles. The van der Waals surface area contributed by atoms with Crippen molar-refractivity contribution in [3.05, 3.63) is 53.2 Å². The van der Waals surface area contributed by atoms with E-state index in [9.17, 15) is 10.3 Å². The van der Waals surface area contributed by atoms with Gasteiger partial charge in [-0.3, -0.25) is 10.1 Å². The smallest absolute Gasteiger partial charge is 0.126 e. The van der Waals surface area contributed by atoms with E-state index in [0.717, 1.165) is 42.6 Å². The zero-order valence-corrected chi connectivity index (χ0v) is 14.3. The van der Waals surface area contributed by atoms with Crippen LogP contribution in [-0.2, 0) is 6.54 Å². The highest BCUT2D eigenvalue weighted by Crippen LogP contribution is 2.33. The molecule has 2 aromatic carbocycles. The van der Waals surface area contributed by atoms with Crippen LogP contribution in [0, 0.1) is 5.21 Å². The Morgan fingerprint density at radius 2 is 2.12 bits per heavy atom. The fourth-order valence-electron chi connectivity index (χ4n) is 3.42. The third-order valence-corrected chi connectivity index (χ3v) is 4.74. The van der Waals surface area contributed by atoms with Crippen LogP contribution in [0.5, 0.6) is 5.75 Å². The molecule has 1 aliphatic heterocycles.